The van der Waals surface area contributed by atoms with Gasteiger partial charge in [0.2, 0.25) is 0 Å². The summed E-state index contributed by atoms with van der Waals surface area (Å²) in [6, 6.07) is 1.48. The molecule has 0 aromatic carbocycles. The van der Waals surface area contributed by atoms with Gasteiger partial charge in [0.15, 0.2) is 11.6 Å². The van der Waals surface area contributed by atoms with Crippen molar-refractivity contribution in [2.45, 2.75) is 90.1 Å². The van der Waals surface area contributed by atoms with Gasteiger partial charge in [0, 0.05) is 18.5 Å². The number of allylic oxidation sites excluding steroid dienone is 1. The highest BCUT2D eigenvalue weighted by Gasteiger charge is 2.60. The van der Waals surface area contributed by atoms with E-state index in [1.165, 1.54) is 38.5 Å². The first-order valence-electron chi connectivity index (χ1n) is 10.6. The van der Waals surface area contributed by atoms with E-state index >= 15 is 0 Å². The molecule has 0 saturated heterocycles. The number of carbonyl (C=O) groups excluding carboxylic acids is 1. The second kappa shape index (κ2) is 5.41. The second-order valence-electron chi connectivity index (χ2n) is 10.2. The van der Waals surface area contributed by atoms with E-state index in [-0.39, 0.29) is 17.0 Å². The molecule has 4 fully saturated rings. The van der Waals surface area contributed by atoms with Crippen LogP contribution in [-0.4, -0.2) is 17.9 Å². The van der Waals surface area contributed by atoms with Crippen molar-refractivity contribution in [2.75, 3.05) is 0 Å². The fourth-order valence-corrected chi connectivity index (χ4v) is 7.46. The largest absolute Gasteiger partial charge is 0.311 e. The molecule has 5 aliphatic rings. The van der Waals surface area contributed by atoms with Gasteiger partial charge in [0.05, 0.1) is 0 Å². The van der Waals surface area contributed by atoms with Crippen LogP contribution in [0.15, 0.2) is 11.4 Å². The number of carbonyl (C=O) groups is 1. The molecular formula is C22H32FNO. The lowest BCUT2D eigenvalue weighted by Crippen LogP contribution is -2.53. The molecule has 4 saturated carbocycles. The molecule has 0 amide bonds. The maximum absolute atomic E-state index is 14.6. The summed E-state index contributed by atoms with van der Waals surface area (Å²) >= 11 is 0. The number of Topliss-reactive ketones (excluding diaryl/α,β-unsaturated/α-hetero) is 1. The first kappa shape index (κ1) is 16.5. The highest BCUT2D eigenvalue weighted by atomic mass is 19.1. The summed E-state index contributed by atoms with van der Waals surface area (Å²) < 4.78 is 14.6. The van der Waals surface area contributed by atoms with Crippen LogP contribution in [0, 0.1) is 28.6 Å². The van der Waals surface area contributed by atoms with E-state index < -0.39 is 0 Å². The van der Waals surface area contributed by atoms with Crippen molar-refractivity contribution in [1.82, 2.24) is 5.32 Å². The lowest BCUT2D eigenvalue weighted by atomic mass is 9.47. The van der Waals surface area contributed by atoms with Crippen molar-refractivity contribution in [2.24, 2.45) is 28.6 Å². The van der Waals surface area contributed by atoms with Gasteiger partial charge in [-0.15, -0.1) is 0 Å². The molecule has 138 valence electrons. The number of halogens is 1. The summed E-state index contributed by atoms with van der Waals surface area (Å²) in [5.41, 5.74) is 1.27. The standard InChI is InChI=1S/C22H32FNO/c1-21-12-10-18(25)20(23)17(21)6-5-14-15-7-8-19(24-13-3-4-13)22(15,2)11-9-16(14)21/h13-16,19,24H,3-12H2,1-2H3/t14-,15-,16+,19?,21+,22-/m0/s1. The van der Waals surface area contributed by atoms with E-state index in [9.17, 15) is 9.18 Å². The van der Waals surface area contributed by atoms with Gasteiger partial charge in [-0.1, -0.05) is 13.8 Å². The van der Waals surface area contributed by atoms with Gasteiger partial charge in [-0.2, -0.15) is 0 Å². The molecule has 1 N–H and O–H groups in total. The van der Waals surface area contributed by atoms with Crippen LogP contribution in [0.1, 0.15) is 78.1 Å². The third kappa shape index (κ3) is 2.27. The van der Waals surface area contributed by atoms with Gasteiger partial charge >= 0.3 is 0 Å². The molecular weight excluding hydrogens is 313 g/mol. The Kier molecular flexibility index (Phi) is 3.56. The van der Waals surface area contributed by atoms with Crippen LogP contribution >= 0.6 is 0 Å². The summed E-state index contributed by atoms with van der Waals surface area (Å²) in [5.74, 6) is 1.52. The fourth-order valence-electron chi connectivity index (χ4n) is 7.46. The van der Waals surface area contributed by atoms with Gasteiger partial charge in [-0.05, 0) is 91.9 Å². The molecule has 0 heterocycles. The predicted octanol–water partition coefficient (Wildman–Crippen LogP) is 4.94. The van der Waals surface area contributed by atoms with E-state index in [1.54, 1.807) is 0 Å². The van der Waals surface area contributed by atoms with Crippen LogP contribution < -0.4 is 5.32 Å². The first-order valence-corrected chi connectivity index (χ1v) is 10.6. The lowest BCUT2D eigenvalue weighted by Gasteiger charge is -2.58. The Morgan fingerprint density at radius 1 is 0.960 bits per heavy atom. The van der Waals surface area contributed by atoms with Crippen molar-refractivity contribution in [3.05, 3.63) is 11.4 Å². The molecule has 5 aliphatic carbocycles. The molecule has 1 unspecified atom stereocenters. The minimum absolute atomic E-state index is 0.0513. The quantitative estimate of drug-likeness (QED) is 0.768. The highest BCUT2D eigenvalue weighted by Crippen LogP contribution is 2.65. The summed E-state index contributed by atoms with van der Waals surface area (Å²) in [6.07, 6.45) is 11.1. The van der Waals surface area contributed by atoms with Crippen LogP contribution in [-0.2, 0) is 4.79 Å². The van der Waals surface area contributed by atoms with Crippen molar-refractivity contribution in [1.29, 1.82) is 0 Å². The van der Waals surface area contributed by atoms with Crippen molar-refractivity contribution in [3.63, 3.8) is 0 Å². The van der Waals surface area contributed by atoms with Crippen LogP contribution in [0.2, 0.25) is 0 Å². The molecule has 0 aromatic rings. The zero-order valence-electron chi connectivity index (χ0n) is 15.7. The third-order valence-electron chi connectivity index (χ3n) is 9.07. The van der Waals surface area contributed by atoms with Crippen LogP contribution in [0.4, 0.5) is 4.39 Å². The molecule has 2 nitrogen and oxygen atoms in total. The van der Waals surface area contributed by atoms with Crippen molar-refractivity contribution < 1.29 is 9.18 Å². The summed E-state index contributed by atoms with van der Waals surface area (Å²) in [5, 5.41) is 3.95. The first-order chi connectivity index (χ1) is 11.9. The van der Waals surface area contributed by atoms with Crippen LogP contribution in [0.3, 0.4) is 0 Å². The Bertz CT molecular complexity index is 638. The molecule has 0 aliphatic heterocycles. The smallest absolute Gasteiger partial charge is 0.191 e. The molecule has 0 bridgehead atoms. The average Bonchev–Trinajstić information content (AvgIpc) is 3.34. The Hall–Kier alpha value is -0.700. The Labute approximate surface area is 151 Å². The van der Waals surface area contributed by atoms with E-state index in [0.29, 0.717) is 23.8 Å². The number of hydrogen-bond acceptors (Lipinski definition) is 2. The zero-order valence-corrected chi connectivity index (χ0v) is 15.7. The Balaban J connectivity index is 1.44. The number of fused-ring (bicyclic) bond motifs is 5. The highest BCUT2D eigenvalue weighted by molar-refractivity contribution is 5.95. The second-order valence-corrected chi connectivity index (χ2v) is 10.2. The summed E-state index contributed by atoms with van der Waals surface area (Å²) in [6.45, 7) is 4.82. The molecule has 0 aromatic heterocycles. The summed E-state index contributed by atoms with van der Waals surface area (Å²) in [7, 11) is 0. The van der Waals surface area contributed by atoms with E-state index in [0.717, 1.165) is 42.7 Å². The van der Waals surface area contributed by atoms with E-state index in [1.807, 2.05) is 0 Å². The van der Waals surface area contributed by atoms with Crippen LogP contribution in [0.5, 0.6) is 0 Å². The van der Waals surface area contributed by atoms with E-state index in [2.05, 4.69) is 19.2 Å². The normalized spacial score (nSPS) is 49.6. The minimum atomic E-state index is -0.361. The molecule has 3 heteroatoms. The Morgan fingerprint density at radius 2 is 1.76 bits per heavy atom. The topological polar surface area (TPSA) is 29.1 Å². The average molecular weight is 346 g/mol. The molecule has 0 spiro atoms. The predicted molar refractivity (Wildman–Crippen MR) is 96.7 cm³/mol. The van der Waals surface area contributed by atoms with Crippen LogP contribution in [0.25, 0.3) is 0 Å². The van der Waals surface area contributed by atoms with Gasteiger partial charge in [0.1, 0.15) is 0 Å². The van der Waals surface area contributed by atoms with E-state index in [4.69, 9.17) is 0 Å². The maximum atomic E-state index is 14.6. The third-order valence-corrected chi connectivity index (χ3v) is 9.07. The number of nitrogens with one attached hydrogen (secondary N) is 1. The molecule has 0 radical (unpaired) electrons. The molecule has 6 atom stereocenters. The molecule has 5 rings (SSSR count). The van der Waals surface area contributed by atoms with Gasteiger partial charge in [0.25, 0.3) is 0 Å². The van der Waals surface area contributed by atoms with Gasteiger partial charge in [-0.25, -0.2) is 4.39 Å². The maximum Gasteiger partial charge on any atom is 0.191 e. The Morgan fingerprint density at radius 3 is 2.52 bits per heavy atom. The zero-order chi connectivity index (χ0) is 17.4. The summed E-state index contributed by atoms with van der Waals surface area (Å²) in [4.78, 5) is 11.9. The lowest BCUT2D eigenvalue weighted by molar-refractivity contribution is -0.120. The SMILES string of the molecule is C[C@]12CCC(=O)C(F)=C1CC[C@@H]1[C@H]2CC[C@]2(C)C(NC3CC3)CC[C@@H]12. The number of hydrogen-bond donors (Lipinski definition) is 1. The van der Waals surface area contributed by atoms with Gasteiger partial charge < -0.3 is 5.32 Å². The van der Waals surface area contributed by atoms with Crippen molar-refractivity contribution in [3.8, 4) is 0 Å². The molecule has 25 heavy (non-hydrogen) atoms. The van der Waals surface area contributed by atoms with Gasteiger partial charge in [-0.3, -0.25) is 4.79 Å². The monoisotopic (exact) mass is 345 g/mol. The fraction of sp³-hybridized carbons (Fsp3) is 0.864. The minimum Gasteiger partial charge on any atom is -0.311 e. The van der Waals surface area contributed by atoms with Crippen molar-refractivity contribution >= 4 is 5.78 Å². The number of rotatable bonds is 2. The number of ketones is 1.